The largest absolute Gasteiger partial charge is 0.497 e. The van der Waals surface area contributed by atoms with Gasteiger partial charge in [0.15, 0.2) is 0 Å². The maximum Gasteiger partial charge on any atom is 0.417 e. The summed E-state index contributed by atoms with van der Waals surface area (Å²) in [4.78, 5) is 30.3. The molecule has 0 aliphatic carbocycles. The number of carbonyl (C=O) groups excluding carboxylic acids is 1. The van der Waals surface area contributed by atoms with Gasteiger partial charge in [0.05, 0.1) is 18.2 Å². The van der Waals surface area contributed by atoms with E-state index >= 15 is 0 Å². The summed E-state index contributed by atoms with van der Waals surface area (Å²) in [5.74, 6) is 1.77. The van der Waals surface area contributed by atoms with E-state index in [9.17, 15) is 18.0 Å². The molecule has 0 unspecified atom stereocenters. The van der Waals surface area contributed by atoms with Gasteiger partial charge in [-0.15, -0.1) is 0 Å². The van der Waals surface area contributed by atoms with Gasteiger partial charge in [-0.05, 0) is 42.0 Å². The molecule has 2 N–H and O–H groups in total. The highest BCUT2D eigenvalue weighted by Gasteiger charge is 2.34. The predicted molar refractivity (Wildman–Crippen MR) is 149 cm³/mol. The molecule has 1 fully saturated rings. The molecule has 0 saturated carbocycles. The Balaban J connectivity index is 1.14. The third-order valence-electron chi connectivity index (χ3n) is 6.62. The van der Waals surface area contributed by atoms with Crippen LogP contribution in [0.3, 0.4) is 0 Å². The molecule has 1 aliphatic heterocycles. The van der Waals surface area contributed by atoms with Crippen molar-refractivity contribution in [2.45, 2.75) is 12.7 Å². The first-order valence-electron chi connectivity index (χ1n) is 12.9. The predicted octanol–water partition coefficient (Wildman–Crippen LogP) is 5.22. The molecular weight excluding hydrogens is 535 g/mol. The van der Waals surface area contributed by atoms with Crippen molar-refractivity contribution >= 4 is 29.2 Å². The quantitative estimate of drug-likeness (QED) is 0.302. The number of halogens is 3. The molecule has 212 valence electrons. The Hall–Kier alpha value is -4.71. The van der Waals surface area contributed by atoms with Gasteiger partial charge in [0.1, 0.15) is 17.4 Å². The van der Waals surface area contributed by atoms with Gasteiger partial charge < -0.3 is 20.3 Å². The number of hydrogen-bond acceptors (Lipinski definition) is 8. The van der Waals surface area contributed by atoms with E-state index in [4.69, 9.17) is 4.74 Å². The minimum absolute atomic E-state index is 0.413. The third-order valence-corrected chi connectivity index (χ3v) is 6.62. The lowest BCUT2D eigenvalue weighted by molar-refractivity contribution is -0.137. The number of nitrogens with one attached hydrogen (secondary N) is 2. The van der Waals surface area contributed by atoms with Crippen molar-refractivity contribution in [1.82, 2.24) is 19.9 Å². The fraction of sp³-hybridized carbons (Fsp3) is 0.241. The van der Waals surface area contributed by atoms with E-state index in [1.807, 2.05) is 12.1 Å². The summed E-state index contributed by atoms with van der Waals surface area (Å²) < 4.78 is 45.0. The van der Waals surface area contributed by atoms with Crippen molar-refractivity contribution in [3.63, 3.8) is 0 Å². The molecule has 2 aromatic heterocycles. The maximum absolute atomic E-state index is 13.3. The summed E-state index contributed by atoms with van der Waals surface area (Å²) in [6.07, 6.45) is -1.24. The molecule has 0 spiro atoms. The van der Waals surface area contributed by atoms with Crippen LogP contribution < -0.4 is 20.3 Å². The average molecular weight is 564 g/mol. The molecule has 41 heavy (non-hydrogen) atoms. The van der Waals surface area contributed by atoms with Gasteiger partial charge in [0.25, 0.3) is 5.91 Å². The highest BCUT2D eigenvalue weighted by molar-refractivity contribution is 6.05. The van der Waals surface area contributed by atoms with Crippen LogP contribution in [0.2, 0.25) is 0 Å². The summed E-state index contributed by atoms with van der Waals surface area (Å²) in [6.45, 7) is 3.78. The van der Waals surface area contributed by atoms with Crippen molar-refractivity contribution < 1.29 is 22.7 Å². The zero-order valence-electron chi connectivity index (χ0n) is 22.2. The van der Waals surface area contributed by atoms with Gasteiger partial charge >= 0.3 is 6.18 Å². The lowest BCUT2D eigenvalue weighted by atomic mass is 10.1. The zero-order valence-corrected chi connectivity index (χ0v) is 22.2. The van der Waals surface area contributed by atoms with E-state index in [2.05, 4.69) is 35.4 Å². The molecule has 0 atom stereocenters. The fourth-order valence-corrected chi connectivity index (χ4v) is 4.49. The smallest absolute Gasteiger partial charge is 0.417 e. The molecule has 4 aromatic rings. The van der Waals surface area contributed by atoms with E-state index in [1.165, 1.54) is 18.2 Å². The first kappa shape index (κ1) is 27.8. The van der Waals surface area contributed by atoms with Crippen LogP contribution in [0.25, 0.3) is 0 Å². The van der Waals surface area contributed by atoms with E-state index < -0.39 is 23.2 Å². The number of ether oxygens (including phenoxy) is 1. The highest BCUT2D eigenvalue weighted by atomic mass is 19.4. The van der Waals surface area contributed by atoms with E-state index in [1.54, 1.807) is 49.8 Å². The Morgan fingerprint density at radius 2 is 1.66 bits per heavy atom. The minimum atomic E-state index is -4.61. The average Bonchev–Trinajstić information content (AvgIpc) is 2.98. The number of carbonyl (C=O) groups is 1. The van der Waals surface area contributed by atoms with E-state index in [0.717, 1.165) is 37.8 Å². The molecule has 1 amide bonds. The third kappa shape index (κ3) is 7.09. The van der Waals surface area contributed by atoms with Crippen LogP contribution in [0.1, 0.15) is 21.5 Å². The van der Waals surface area contributed by atoms with Crippen molar-refractivity contribution in [3.05, 3.63) is 95.8 Å². The highest BCUT2D eigenvalue weighted by Crippen LogP contribution is 2.32. The molecule has 1 saturated heterocycles. The molecule has 0 bridgehead atoms. The Kier molecular flexibility index (Phi) is 8.29. The summed E-state index contributed by atoms with van der Waals surface area (Å²) >= 11 is 0. The summed E-state index contributed by atoms with van der Waals surface area (Å²) in [6, 6.07) is 17.2. The first-order chi connectivity index (χ1) is 19.8. The van der Waals surface area contributed by atoms with Crippen molar-refractivity contribution in [2.24, 2.45) is 0 Å². The van der Waals surface area contributed by atoms with Crippen LogP contribution in [0.5, 0.6) is 5.75 Å². The summed E-state index contributed by atoms with van der Waals surface area (Å²) in [5.41, 5.74) is 0.0791. The second kappa shape index (κ2) is 12.2. The lowest BCUT2D eigenvalue weighted by Gasteiger charge is -2.34. The maximum atomic E-state index is 13.3. The molecular formula is C29H28F3N7O2. The number of methoxy groups -OCH3 is 1. The van der Waals surface area contributed by atoms with Gasteiger partial charge in [-0.25, -0.2) is 9.97 Å². The first-order valence-corrected chi connectivity index (χ1v) is 12.9. The Bertz CT molecular complexity index is 1490. The normalized spacial score (nSPS) is 14.0. The Labute approximate surface area is 235 Å². The van der Waals surface area contributed by atoms with Crippen LogP contribution in [-0.4, -0.2) is 59.0 Å². The van der Waals surface area contributed by atoms with Crippen LogP contribution in [-0.2, 0) is 12.7 Å². The van der Waals surface area contributed by atoms with E-state index in [0.29, 0.717) is 35.6 Å². The summed E-state index contributed by atoms with van der Waals surface area (Å²) in [7, 11) is 1.60. The van der Waals surface area contributed by atoms with Gasteiger partial charge in [-0.2, -0.15) is 18.2 Å². The molecule has 5 rings (SSSR count). The number of hydrogen-bond donors (Lipinski definition) is 2. The molecule has 1 aliphatic rings. The topological polar surface area (TPSA) is 95.5 Å². The number of amides is 1. The lowest BCUT2D eigenvalue weighted by Crippen LogP contribution is -2.46. The molecule has 9 nitrogen and oxygen atoms in total. The van der Waals surface area contributed by atoms with Gasteiger partial charge in [-0.1, -0.05) is 24.3 Å². The molecule has 12 heteroatoms. The van der Waals surface area contributed by atoms with Crippen LogP contribution in [0.15, 0.2) is 79.1 Å². The number of nitrogens with zero attached hydrogens (tertiary/aromatic N) is 5. The van der Waals surface area contributed by atoms with Gasteiger partial charge in [-0.3, -0.25) is 9.69 Å². The number of pyridine rings is 1. The second-order valence-corrected chi connectivity index (χ2v) is 9.41. The molecule has 0 radical (unpaired) electrons. The Morgan fingerprint density at radius 3 is 2.39 bits per heavy atom. The number of benzene rings is 2. The van der Waals surface area contributed by atoms with E-state index in [-0.39, 0.29) is 0 Å². The van der Waals surface area contributed by atoms with Crippen LogP contribution >= 0.6 is 0 Å². The number of piperazine rings is 1. The molecule has 3 heterocycles. The second-order valence-electron chi connectivity index (χ2n) is 9.41. The number of anilines is 4. The fourth-order valence-electron chi connectivity index (χ4n) is 4.49. The van der Waals surface area contributed by atoms with Crippen molar-refractivity contribution in [2.75, 3.05) is 48.8 Å². The summed E-state index contributed by atoms with van der Waals surface area (Å²) in [5, 5.41) is 5.74. The Morgan fingerprint density at radius 1 is 0.927 bits per heavy atom. The minimum Gasteiger partial charge on any atom is -0.497 e. The van der Waals surface area contributed by atoms with Crippen molar-refractivity contribution in [1.29, 1.82) is 0 Å². The number of alkyl halides is 3. The van der Waals surface area contributed by atoms with Gasteiger partial charge in [0, 0.05) is 56.9 Å². The zero-order chi connectivity index (χ0) is 28.8. The standard InChI is InChI=1S/C29H28F3N7O2/c1-41-22-10-12-33-26(18-22)36-25-11-13-34-28(37-25)39-16-14-38(15-17-39)19-20-6-8-21(9-7-20)35-27(40)23-4-2-3-5-24(23)29(30,31)32/h2-13,18H,14-17,19H2,1H3,(H,35,40)(H,33,34,36,37). The van der Waals surface area contributed by atoms with Gasteiger partial charge in [0.2, 0.25) is 5.95 Å². The van der Waals surface area contributed by atoms with Crippen molar-refractivity contribution in [3.8, 4) is 5.75 Å². The SMILES string of the molecule is COc1ccnc(Nc2ccnc(N3CCN(Cc4ccc(NC(=O)c5ccccc5C(F)(F)F)cc4)CC3)n2)c1. The molecule has 2 aromatic carbocycles. The van der Waals surface area contributed by atoms with Crippen LogP contribution in [0, 0.1) is 0 Å². The number of aromatic nitrogens is 3. The van der Waals surface area contributed by atoms with Crippen LogP contribution in [0.4, 0.5) is 36.4 Å². The number of rotatable bonds is 8. The monoisotopic (exact) mass is 563 g/mol.